The first kappa shape index (κ1) is 16.0. The van der Waals surface area contributed by atoms with Crippen LogP contribution in [0.25, 0.3) is 0 Å². The average Bonchev–Trinajstić information content (AvgIpc) is 2.75. The number of aromatic nitrogens is 2. The fraction of sp³-hybridized carbons (Fsp3) is 0.812. The molecule has 0 aromatic carbocycles. The molecule has 1 saturated carbocycles. The van der Waals surface area contributed by atoms with Gasteiger partial charge in [0.05, 0.1) is 21.5 Å². The number of aryl methyl sites for hydroxylation is 2. The second kappa shape index (κ2) is 6.61. The van der Waals surface area contributed by atoms with Crippen molar-refractivity contribution in [3.8, 4) is 0 Å². The van der Waals surface area contributed by atoms with Crippen molar-refractivity contribution in [2.45, 2.75) is 77.9 Å². The Morgan fingerprint density at radius 3 is 2.70 bits per heavy atom. The van der Waals surface area contributed by atoms with Gasteiger partial charge in [0, 0.05) is 13.0 Å². The number of hydrogen-bond donors (Lipinski definition) is 1. The lowest BCUT2D eigenvalue weighted by Gasteiger charge is -2.40. The summed E-state index contributed by atoms with van der Waals surface area (Å²) in [6.07, 6.45) is 7.21. The smallest absolute Gasteiger partial charge is 0.0766 e. The Labute approximate surface area is 130 Å². The Morgan fingerprint density at radius 2 is 2.10 bits per heavy atom. The van der Waals surface area contributed by atoms with Crippen molar-refractivity contribution in [3.05, 3.63) is 15.9 Å². The Balaban J connectivity index is 2.30. The number of rotatable bonds is 5. The molecule has 1 N–H and O–H groups in total. The van der Waals surface area contributed by atoms with Crippen molar-refractivity contribution >= 4 is 15.9 Å². The van der Waals surface area contributed by atoms with Gasteiger partial charge in [-0.1, -0.05) is 33.1 Å². The third-order valence-corrected chi connectivity index (χ3v) is 5.75. The van der Waals surface area contributed by atoms with Gasteiger partial charge in [0.2, 0.25) is 0 Å². The van der Waals surface area contributed by atoms with Gasteiger partial charge in [-0.25, -0.2) is 0 Å². The van der Waals surface area contributed by atoms with Crippen LogP contribution < -0.4 is 0 Å². The molecule has 2 atom stereocenters. The molecule has 0 saturated heterocycles. The van der Waals surface area contributed by atoms with Crippen LogP contribution in [0.15, 0.2) is 4.47 Å². The average molecular weight is 343 g/mol. The molecule has 1 aliphatic carbocycles. The van der Waals surface area contributed by atoms with Crippen LogP contribution in [-0.2, 0) is 19.4 Å². The number of halogens is 1. The van der Waals surface area contributed by atoms with Gasteiger partial charge < -0.3 is 5.11 Å². The first-order valence-corrected chi connectivity index (χ1v) is 8.81. The molecule has 1 aromatic heterocycles. The van der Waals surface area contributed by atoms with E-state index in [1.165, 1.54) is 12.1 Å². The highest BCUT2D eigenvalue weighted by atomic mass is 79.9. The van der Waals surface area contributed by atoms with Crippen LogP contribution in [0.4, 0.5) is 0 Å². The third-order valence-electron chi connectivity index (χ3n) is 4.83. The van der Waals surface area contributed by atoms with E-state index in [1.54, 1.807) is 0 Å². The Hall–Kier alpha value is -0.350. The van der Waals surface area contributed by atoms with Crippen molar-refractivity contribution in [2.75, 3.05) is 0 Å². The van der Waals surface area contributed by atoms with E-state index < -0.39 is 5.60 Å². The molecule has 0 radical (unpaired) electrons. The summed E-state index contributed by atoms with van der Waals surface area (Å²) in [4.78, 5) is 0. The quantitative estimate of drug-likeness (QED) is 0.874. The number of hydrogen-bond acceptors (Lipinski definition) is 2. The Bertz CT molecular complexity index is 458. The minimum atomic E-state index is -0.548. The van der Waals surface area contributed by atoms with E-state index in [0.717, 1.165) is 55.2 Å². The van der Waals surface area contributed by atoms with Crippen LogP contribution in [0.2, 0.25) is 0 Å². The molecule has 20 heavy (non-hydrogen) atoms. The molecule has 0 spiro atoms. The summed E-state index contributed by atoms with van der Waals surface area (Å²) in [6.45, 7) is 7.30. The molecule has 1 fully saturated rings. The van der Waals surface area contributed by atoms with Gasteiger partial charge in [-0.05, 0) is 48.0 Å². The van der Waals surface area contributed by atoms with Gasteiger partial charge in [0.1, 0.15) is 0 Å². The summed E-state index contributed by atoms with van der Waals surface area (Å²) >= 11 is 3.70. The molecule has 114 valence electrons. The highest BCUT2D eigenvalue weighted by Gasteiger charge is 2.39. The van der Waals surface area contributed by atoms with Gasteiger partial charge in [-0.3, -0.25) is 4.68 Å². The van der Waals surface area contributed by atoms with Crippen molar-refractivity contribution in [1.29, 1.82) is 0 Å². The van der Waals surface area contributed by atoms with Crippen molar-refractivity contribution in [1.82, 2.24) is 9.78 Å². The van der Waals surface area contributed by atoms with Gasteiger partial charge in [0.25, 0.3) is 0 Å². The predicted molar refractivity (Wildman–Crippen MR) is 85.9 cm³/mol. The van der Waals surface area contributed by atoms with Crippen LogP contribution in [0.5, 0.6) is 0 Å². The summed E-state index contributed by atoms with van der Waals surface area (Å²) in [7, 11) is 0. The van der Waals surface area contributed by atoms with Crippen LogP contribution in [0.1, 0.15) is 64.3 Å². The maximum absolute atomic E-state index is 11.1. The number of aliphatic hydroxyl groups is 1. The molecule has 2 rings (SSSR count). The Morgan fingerprint density at radius 1 is 1.35 bits per heavy atom. The summed E-state index contributed by atoms with van der Waals surface area (Å²) in [6, 6.07) is 0. The summed E-state index contributed by atoms with van der Waals surface area (Å²) in [5, 5.41) is 15.8. The molecule has 0 aliphatic heterocycles. The van der Waals surface area contributed by atoms with Gasteiger partial charge >= 0.3 is 0 Å². The highest BCUT2D eigenvalue weighted by Crippen LogP contribution is 2.39. The summed E-state index contributed by atoms with van der Waals surface area (Å²) in [5.41, 5.74) is 1.73. The normalized spacial score (nSPS) is 26.9. The predicted octanol–water partition coefficient (Wildman–Crippen LogP) is 4.10. The van der Waals surface area contributed by atoms with E-state index in [9.17, 15) is 5.11 Å². The topological polar surface area (TPSA) is 38.0 Å². The Kier molecular flexibility index (Phi) is 5.30. The summed E-state index contributed by atoms with van der Waals surface area (Å²) < 4.78 is 3.16. The highest BCUT2D eigenvalue weighted by molar-refractivity contribution is 9.10. The van der Waals surface area contributed by atoms with Crippen LogP contribution in [-0.4, -0.2) is 20.5 Å². The molecule has 2 unspecified atom stereocenters. The monoisotopic (exact) mass is 342 g/mol. The lowest BCUT2D eigenvalue weighted by atomic mass is 9.72. The molecule has 3 nitrogen and oxygen atoms in total. The molecule has 4 heteroatoms. The molecular formula is C16H27BrN2O. The van der Waals surface area contributed by atoms with E-state index in [4.69, 9.17) is 0 Å². The maximum atomic E-state index is 11.1. The first-order valence-electron chi connectivity index (χ1n) is 8.02. The van der Waals surface area contributed by atoms with Crippen LogP contribution >= 0.6 is 15.9 Å². The zero-order valence-electron chi connectivity index (χ0n) is 13.0. The van der Waals surface area contributed by atoms with Gasteiger partial charge in [-0.15, -0.1) is 0 Å². The van der Waals surface area contributed by atoms with E-state index >= 15 is 0 Å². The van der Waals surface area contributed by atoms with E-state index in [2.05, 4.69) is 46.5 Å². The van der Waals surface area contributed by atoms with Crippen molar-refractivity contribution in [2.24, 2.45) is 5.92 Å². The maximum Gasteiger partial charge on any atom is 0.0766 e. The van der Waals surface area contributed by atoms with E-state index in [0.29, 0.717) is 5.92 Å². The largest absolute Gasteiger partial charge is 0.389 e. The molecule has 0 amide bonds. The van der Waals surface area contributed by atoms with E-state index in [-0.39, 0.29) is 0 Å². The van der Waals surface area contributed by atoms with Crippen LogP contribution in [0.3, 0.4) is 0 Å². The minimum absolute atomic E-state index is 0.424. The van der Waals surface area contributed by atoms with E-state index in [1.807, 2.05) is 0 Å². The SMILES string of the molecule is CCc1nn(CC)c(CC2(O)CCCCC2CC)c1Br. The molecule has 1 heterocycles. The minimum Gasteiger partial charge on any atom is -0.389 e. The standard InChI is InChI=1S/C16H27BrN2O/c1-4-12-9-7-8-10-16(12,20)11-14-15(17)13(5-2)18-19(14)6-3/h12,20H,4-11H2,1-3H3. The molecule has 1 aliphatic rings. The van der Waals surface area contributed by atoms with Crippen LogP contribution in [0, 0.1) is 5.92 Å². The lowest BCUT2D eigenvalue weighted by Crippen LogP contribution is -2.43. The summed E-state index contributed by atoms with van der Waals surface area (Å²) in [5.74, 6) is 0.424. The zero-order chi connectivity index (χ0) is 14.8. The third kappa shape index (κ3) is 2.96. The molecule has 1 aromatic rings. The zero-order valence-corrected chi connectivity index (χ0v) is 14.5. The van der Waals surface area contributed by atoms with Gasteiger partial charge in [0.15, 0.2) is 0 Å². The number of nitrogens with zero attached hydrogens (tertiary/aromatic N) is 2. The fourth-order valence-electron chi connectivity index (χ4n) is 3.59. The first-order chi connectivity index (χ1) is 9.55. The molecule has 0 bridgehead atoms. The lowest BCUT2D eigenvalue weighted by molar-refractivity contribution is -0.0506. The van der Waals surface area contributed by atoms with Gasteiger partial charge in [-0.2, -0.15) is 5.10 Å². The second-order valence-electron chi connectivity index (χ2n) is 6.01. The fourth-order valence-corrected chi connectivity index (χ4v) is 4.29. The second-order valence-corrected chi connectivity index (χ2v) is 6.80. The molecular weight excluding hydrogens is 316 g/mol. The van der Waals surface area contributed by atoms with Crippen molar-refractivity contribution in [3.63, 3.8) is 0 Å². The van der Waals surface area contributed by atoms with Crippen molar-refractivity contribution < 1.29 is 5.11 Å².